The Hall–Kier alpha value is 0.410. The molecule has 0 aliphatic heterocycles. The zero-order valence-electron chi connectivity index (χ0n) is 7.49. The van der Waals surface area contributed by atoms with Gasteiger partial charge in [0.15, 0.2) is 6.16 Å². The Balaban J connectivity index is 2.09. The molecule has 70 valence electrons. The van der Waals surface area contributed by atoms with Crippen LogP contribution in [0.5, 0.6) is 0 Å². The lowest BCUT2D eigenvalue weighted by Crippen LogP contribution is -2.07. The smallest absolute Gasteiger partial charge is 0.0718 e. The predicted octanol–water partition coefficient (Wildman–Crippen LogP) is 3.75. The van der Waals surface area contributed by atoms with Gasteiger partial charge >= 0.3 is 8.03 Å². The van der Waals surface area contributed by atoms with Crippen LogP contribution in [0.1, 0.15) is 39.0 Å². The van der Waals surface area contributed by atoms with Crippen LogP contribution >= 0.6 is 20.1 Å². The monoisotopic (exact) mass is 207 g/mol. The van der Waals surface area contributed by atoms with Crippen molar-refractivity contribution < 1.29 is 8.54 Å². The number of rotatable bonds is 4. The molecular formula is C8H16O2PS+. The van der Waals surface area contributed by atoms with E-state index >= 15 is 0 Å². The quantitative estimate of drug-likeness (QED) is 0.518. The Bertz CT molecular complexity index is 146. The van der Waals surface area contributed by atoms with E-state index in [0.717, 1.165) is 0 Å². The SMILES string of the molecule is CC[P+](=O)OSC1CCCCC1. The van der Waals surface area contributed by atoms with Crippen molar-refractivity contribution >= 4 is 20.1 Å². The molecule has 0 N–H and O–H groups in total. The first-order valence-corrected chi connectivity index (χ1v) is 6.77. The summed E-state index contributed by atoms with van der Waals surface area (Å²) in [5.74, 6) is 0. The Morgan fingerprint density at radius 3 is 2.67 bits per heavy atom. The van der Waals surface area contributed by atoms with Crippen LogP contribution in [-0.2, 0) is 8.54 Å². The second kappa shape index (κ2) is 5.95. The lowest BCUT2D eigenvalue weighted by molar-refractivity contribution is 0.495. The Labute approximate surface area is 79.5 Å². The largest absolute Gasteiger partial charge is 0.520 e. The maximum atomic E-state index is 11.0. The normalized spacial score (nSPS) is 20.9. The molecule has 1 unspecified atom stereocenters. The van der Waals surface area contributed by atoms with E-state index in [1.807, 2.05) is 6.92 Å². The molecule has 0 heterocycles. The molecule has 0 radical (unpaired) electrons. The second-order valence-corrected chi connectivity index (χ2v) is 5.83. The van der Waals surface area contributed by atoms with Crippen LogP contribution in [-0.4, -0.2) is 11.4 Å². The van der Waals surface area contributed by atoms with Gasteiger partial charge in [-0.1, -0.05) is 23.2 Å². The van der Waals surface area contributed by atoms with Crippen LogP contribution in [0.4, 0.5) is 0 Å². The third kappa shape index (κ3) is 3.88. The molecule has 2 nitrogen and oxygen atoms in total. The minimum absolute atomic E-state index is 0.601. The van der Waals surface area contributed by atoms with Crippen LogP contribution in [0.15, 0.2) is 0 Å². The van der Waals surface area contributed by atoms with E-state index in [0.29, 0.717) is 11.4 Å². The van der Waals surface area contributed by atoms with Crippen molar-refractivity contribution in [1.29, 1.82) is 0 Å². The summed E-state index contributed by atoms with van der Waals surface area (Å²) in [6.45, 7) is 1.89. The molecule has 1 atom stereocenters. The summed E-state index contributed by atoms with van der Waals surface area (Å²) in [4.78, 5) is 0. The van der Waals surface area contributed by atoms with E-state index in [1.165, 1.54) is 44.1 Å². The van der Waals surface area contributed by atoms with Crippen molar-refractivity contribution in [1.82, 2.24) is 0 Å². The zero-order chi connectivity index (χ0) is 8.81. The van der Waals surface area contributed by atoms with E-state index in [1.54, 1.807) is 0 Å². The first kappa shape index (κ1) is 10.5. The standard InChI is InChI=1S/C8H16O2PS/c1-2-11(9)10-12-8-6-4-3-5-7-8/h8H,2-7H2,1H3/q+1. The summed E-state index contributed by atoms with van der Waals surface area (Å²) in [5.41, 5.74) is 0. The fraction of sp³-hybridized carbons (Fsp3) is 1.00. The van der Waals surface area contributed by atoms with Gasteiger partial charge in [0.25, 0.3) is 0 Å². The lowest BCUT2D eigenvalue weighted by Gasteiger charge is -2.17. The van der Waals surface area contributed by atoms with E-state index in [9.17, 15) is 4.57 Å². The molecule has 0 aromatic rings. The molecule has 0 aromatic heterocycles. The Morgan fingerprint density at radius 2 is 2.08 bits per heavy atom. The topological polar surface area (TPSA) is 26.3 Å². The van der Waals surface area contributed by atoms with Crippen LogP contribution in [0.25, 0.3) is 0 Å². The number of hydrogen-bond acceptors (Lipinski definition) is 3. The Kier molecular flexibility index (Phi) is 5.21. The van der Waals surface area contributed by atoms with Crippen LogP contribution < -0.4 is 0 Å². The summed E-state index contributed by atoms with van der Waals surface area (Å²) in [7, 11) is -1.39. The third-order valence-corrected chi connectivity index (χ3v) is 4.34. The van der Waals surface area contributed by atoms with E-state index in [-0.39, 0.29) is 0 Å². The summed E-state index contributed by atoms with van der Waals surface area (Å²) in [6, 6.07) is 0. The maximum absolute atomic E-state index is 11.0. The first-order valence-electron chi connectivity index (χ1n) is 4.61. The molecular weight excluding hydrogens is 191 g/mol. The molecule has 0 amide bonds. The Morgan fingerprint density at radius 1 is 1.42 bits per heavy atom. The van der Waals surface area contributed by atoms with E-state index in [4.69, 9.17) is 3.97 Å². The van der Waals surface area contributed by atoms with Crippen LogP contribution in [0, 0.1) is 0 Å². The average Bonchev–Trinajstić information content (AvgIpc) is 2.16. The third-order valence-electron chi connectivity index (χ3n) is 2.07. The van der Waals surface area contributed by atoms with Crippen molar-refractivity contribution in [2.75, 3.05) is 6.16 Å². The second-order valence-electron chi connectivity index (χ2n) is 3.08. The molecule has 1 aliphatic carbocycles. The van der Waals surface area contributed by atoms with Gasteiger partial charge in [0.1, 0.15) is 0 Å². The fourth-order valence-electron chi connectivity index (χ4n) is 1.32. The molecule has 1 saturated carbocycles. The molecule has 1 rings (SSSR count). The molecule has 0 aromatic carbocycles. The highest BCUT2D eigenvalue weighted by molar-refractivity contribution is 7.98. The molecule has 1 aliphatic rings. The molecule has 0 bridgehead atoms. The van der Waals surface area contributed by atoms with E-state index in [2.05, 4.69) is 0 Å². The molecule has 0 saturated heterocycles. The highest BCUT2D eigenvalue weighted by atomic mass is 32.2. The molecule has 1 fully saturated rings. The summed E-state index contributed by atoms with van der Waals surface area (Å²) >= 11 is 1.45. The van der Waals surface area contributed by atoms with Gasteiger partial charge in [-0.2, -0.15) is 0 Å². The van der Waals surface area contributed by atoms with Gasteiger partial charge in [-0.05, 0) is 24.3 Å². The average molecular weight is 207 g/mol. The van der Waals surface area contributed by atoms with Gasteiger partial charge in [-0.3, -0.25) is 0 Å². The molecule has 12 heavy (non-hydrogen) atoms. The summed E-state index contributed by atoms with van der Waals surface area (Å²) in [5, 5.41) is 0.601. The van der Waals surface area contributed by atoms with Gasteiger partial charge in [0, 0.05) is 5.25 Å². The van der Waals surface area contributed by atoms with Crippen molar-refractivity contribution in [2.45, 2.75) is 44.3 Å². The fourth-order valence-corrected chi connectivity index (χ4v) is 3.14. The van der Waals surface area contributed by atoms with Gasteiger partial charge in [-0.25, -0.2) is 0 Å². The van der Waals surface area contributed by atoms with Crippen LogP contribution in [0.2, 0.25) is 0 Å². The minimum Gasteiger partial charge on any atom is -0.0718 e. The molecule has 4 heteroatoms. The highest BCUT2D eigenvalue weighted by Gasteiger charge is 2.21. The van der Waals surface area contributed by atoms with Crippen LogP contribution in [0.3, 0.4) is 0 Å². The van der Waals surface area contributed by atoms with Crippen molar-refractivity contribution in [2.24, 2.45) is 0 Å². The van der Waals surface area contributed by atoms with Gasteiger partial charge in [-0.15, -0.1) is 0 Å². The van der Waals surface area contributed by atoms with Crippen molar-refractivity contribution in [3.8, 4) is 0 Å². The van der Waals surface area contributed by atoms with Crippen molar-refractivity contribution in [3.05, 3.63) is 0 Å². The first-order chi connectivity index (χ1) is 5.83. The number of hydrogen-bond donors (Lipinski definition) is 0. The van der Waals surface area contributed by atoms with E-state index < -0.39 is 8.03 Å². The zero-order valence-corrected chi connectivity index (χ0v) is 9.20. The highest BCUT2D eigenvalue weighted by Crippen LogP contribution is 2.36. The van der Waals surface area contributed by atoms with Gasteiger partial charge < -0.3 is 0 Å². The summed E-state index contributed by atoms with van der Waals surface area (Å²) < 4.78 is 16.1. The van der Waals surface area contributed by atoms with Gasteiger partial charge in [0.05, 0.1) is 12.0 Å². The van der Waals surface area contributed by atoms with Crippen molar-refractivity contribution in [3.63, 3.8) is 0 Å². The lowest BCUT2D eigenvalue weighted by atomic mass is 10.0. The molecule has 0 spiro atoms. The maximum Gasteiger partial charge on any atom is 0.520 e. The predicted molar refractivity (Wildman–Crippen MR) is 53.7 cm³/mol. The minimum atomic E-state index is -1.39. The van der Waals surface area contributed by atoms with Gasteiger partial charge in [0.2, 0.25) is 0 Å². The summed E-state index contributed by atoms with van der Waals surface area (Å²) in [6.07, 6.45) is 7.08.